The molecule has 4 heteroatoms. The van der Waals surface area contributed by atoms with Crippen LogP contribution in [0.2, 0.25) is 5.02 Å². The van der Waals surface area contributed by atoms with Crippen LogP contribution in [0.5, 0.6) is 5.75 Å². The molecule has 1 rings (SSSR count). The van der Waals surface area contributed by atoms with Crippen LogP contribution in [-0.4, -0.2) is 12.6 Å². The van der Waals surface area contributed by atoms with Crippen molar-refractivity contribution in [2.45, 2.75) is 32.7 Å². The Labute approximate surface area is 108 Å². The summed E-state index contributed by atoms with van der Waals surface area (Å²) in [6.45, 7) is 4.95. The summed E-state index contributed by atoms with van der Waals surface area (Å²) in [6.07, 6.45) is 2.16. The lowest BCUT2D eigenvalue weighted by Crippen LogP contribution is -2.40. The number of nitrogens with two attached hydrogens (primary N) is 1. The maximum atomic E-state index is 5.88. The van der Waals surface area contributed by atoms with E-state index in [9.17, 15) is 0 Å². The van der Waals surface area contributed by atoms with Gasteiger partial charge < -0.3 is 4.74 Å². The second-order valence-electron chi connectivity index (χ2n) is 4.38. The van der Waals surface area contributed by atoms with Gasteiger partial charge >= 0.3 is 0 Å². The van der Waals surface area contributed by atoms with Crippen molar-refractivity contribution in [2.24, 2.45) is 11.8 Å². The molecular weight excluding hydrogens is 236 g/mol. The van der Waals surface area contributed by atoms with E-state index in [0.717, 1.165) is 18.6 Å². The minimum Gasteiger partial charge on any atom is -0.492 e. The average Bonchev–Trinajstić information content (AvgIpc) is 2.34. The van der Waals surface area contributed by atoms with Gasteiger partial charge in [-0.05, 0) is 30.5 Å². The van der Waals surface area contributed by atoms with Crippen LogP contribution < -0.4 is 16.0 Å². The minimum absolute atomic E-state index is 0.170. The monoisotopic (exact) mass is 256 g/mol. The lowest BCUT2D eigenvalue weighted by atomic mass is 10.0. The highest BCUT2D eigenvalue weighted by atomic mass is 35.5. The molecule has 0 aromatic heterocycles. The summed E-state index contributed by atoms with van der Waals surface area (Å²) in [5.41, 5.74) is 2.79. The van der Waals surface area contributed by atoms with Gasteiger partial charge in [-0.2, -0.15) is 0 Å². The normalized spacial score (nSPS) is 14.4. The minimum atomic E-state index is 0.170. The van der Waals surface area contributed by atoms with E-state index in [2.05, 4.69) is 19.3 Å². The Kier molecular flexibility index (Phi) is 6.34. The van der Waals surface area contributed by atoms with Gasteiger partial charge in [0.15, 0.2) is 0 Å². The number of nitrogens with one attached hydrogen (secondary N) is 1. The molecule has 2 atom stereocenters. The summed E-state index contributed by atoms with van der Waals surface area (Å²) in [5, 5.41) is 0.682. The standard InChI is InChI=1S/C13H21ClN2O/c1-3-10(2)7-12(16-15)9-17-13-6-4-5-11(14)8-13/h4-6,8,10,12,16H,3,7,9,15H2,1-2H3. The molecular formula is C13H21ClN2O. The van der Waals surface area contributed by atoms with E-state index in [4.69, 9.17) is 22.2 Å². The first-order chi connectivity index (χ1) is 8.15. The SMILES string of the molecule is CCC(C)CC(COc1cccc(Cl)c1)NN. The van der Waals surface area contributed by atoms with Crippen LogP contribution in [0, 0.1) is 5.92 Å². The maximum absolute atomic E-state index is 5.88. The van der Waals surface area contributed by atoms with Crippen LogP contribution in [-0.2, 0) is 0 Å². The zero-order valence-electron chi connectivity index (χ0n) is 10.4. The first-order valence-corrected chi connectivity index (χ1v) is 6.38. The lowest BCUT2D eigenvalue weighted by Gasteiger charge is -2.19. The quantitative estimate of drug-likeness (QED) is 0.582. The zero-order valence-corrected chi connectivity index (χ0v) is 11.2. The van der Waals surface area contributed by atoms with Crippen molar-refractivity contribution in [3.8, 4) is 5.75 Å². The molecule has 0 aliphatic heterocycles. The van der Waals surface area contributed by atoms with Crippen molar-refractivity contribution < 1.29 is 4.74 Å². The van der Waals surface area contributed by atoms with Crippen LogP contribution in [0.25, 0.3) is 0 Å². The smallest absolute Gasteiger partial charge is 0.120 e. The van der Waals surface area contributed by atoms with E-state index >= 15 is 0 Å². The van der Waals surface area contributed by atoms with Gasteiger partial charge in [-0.25, -0.2) is 0 Å². The van der Waals surface area contributed by atoms with Gasteiger partial charge in [0.05, 0.1) is 6.04 Å². The summed E-state index contributed by atoms with van der Waals surface area (Å²) in [7, 11) is 0. The van der Waals surface area contributed by atoms with Crippen molar-refractivity contribution in [1.29, 1.82) is 0 Å². The molecule has 2 unspecified atom stereocenters. The number of halogens is 1. The van der Waals surface area contributed by atoms with Crippen LogP contribution in [0.4, 0.5) is 0 Å². The molecule has 3 N–H and O–H groups in total. The van der Waals surface area contributed by atoms with Crippen molar-refractivity contribution >= 4 is 11.6 Å². The van der Waals surface area contributed by atoms with Crippen molar-refractivity contribution in [2.75, 3.05) is 6.61 Å². The summed E-state index contributed by atoms with van der Waals surface area (Å²) in [5.74, 6) is 6.93. The molecule has 1 aromatic rings. The van der Waals surface area contributed by atoms with E-state index in [-0.39, 0.29) is 6.04 Å². The third-order valence-corrected chi connectivity index (χ3v) is 3.10. The molecule has 1 aromatic carbocycles. The third kappa shape index (κ3) is 5.39. The van der Waals surface area contributed by atoms with Crippen molar-refractivity contribution in [3.05, 3.63) is 29.3 Å². The predicted octanol–water partition coefficient (Wildman–Crippen LogP) is 2.99. The summed E-state index contributed by atoms with van der Waals surface area (Å²) in [4.78, 5) is 0. The van der Waals surface area contributed by atoms with Gasteiger partial charge in [-0.15, -0.1) is 0 Å². The molecule has 0 radical (unpaired) electrons. The number of hydrazine groups is 1. The number of hydrogen-bond donors (Lipinski definition) is 2. The molecule has 17 heavy (non-hydrogen) atoms. The molecule has 0 bridgehead atoms. The summed E-state index contributed by atoms with van der Waals surface area (Å²) in [6, 6.07) is 7.56. The summed E-state index contributed by atoms with van der Waals surface area (Å²) < 4.78 is 5.66. The van der Waals surface area contributed by atoms with E-state index in [1.165, 1.54) is 0 Å². The van der Waals surface area contributed by atoms with Gasteiger partial charge in [0.1, 0.15) is 12.4 Å². The fraction of sp³-hybridized carbons (Fsp3) is 0.538. The number of rotatable bonds is 7. The molecule has 0 saturated carbocycles. The number of hydrogen-bond acceptors (Lipinski definition) is 3. The molecule has 0 heterocycles. The van der Waals surface area contributed by atoms with E-state index in [0.29, 0.717) is 17.5 Å². The van der Waals surface area contributed by atoms with Crippen LogP contribution in [0.3, 0.4) is 0 Å². The molecule has 0 aliphatic rings. The maximum Gasteiger partial charge on any atom is 0.120 e. The highest BCUT2D eigenvalue weighted by molar-refractivity contribution is 6.30. The first-order valence-electron chi connectivity index (χ1n) is 6.00. The highest BCUT2D eigenvalue weighted by Crippen LogP contribution is 2.18. The lowest BCUT2D eigenvalue weighted by molar-refractivity contribution is 0.241. The van der Waals surface area contributed by atoms with Crippen molar-refractivity contribution in [3.63, 3.8) is 0 Å². The van der Waals surface area contributed by atoms with Gasteiger partial charge in [0, 0.05) is 5.02 Å². The average molecular weight is 257 g/mol. The predicted molar refractivity (Wildman–Crippen MR) is 72.1 cm³/mol. The Morgan fingerprint density at radius 3 is 2.82 bits per heavy atom. The largest absolute Gasteiger partial charge is 0.492 e. The molecule has 0 fully saturated rings. The third-order valence-electron chi connectivity index (χ3n) is 2.87. The fourth-order valence-electron chi connectivity index (χ4n) is 1.59. The van der Waals surface area contributed by atoms with E-state index < -0.39 is 0 Å². The molecule has 0 aliphatic carbocycles. The molecule has 0 saturated heterocycles. The Morgan fingerprint density at radius 2 is 2.24 bits per heavy atom. The Bertz CT molecular complexity index is 333. The molecule has 96 valence electrons. The van der Waals surface area contributed by atoms with E-state index in [1.54, 1.807) is 6.07 Å². The Balaban J connectivity index is 2.42. The van der Waals surface area contributed by atoms with Gasteiger partial charge in [0.25, 0.3) is 0 Å². The van der Waals surface area contributed by atoms with Crippen molar-refractivity contribution in [1.82, 2.24) is 5.43 Å². The first kappa shape index (κ1) is 14.3. The van der Waals surface area contributed by atoms with Crippen LogP contribution in [0.1, 0.15) is 26.7 Å². The van der Waals surface area contributed by atoms with Crippen LogP contribution in [0.15, 0.2) is 24.3 Å². The molecule has 0 spiro atoms. The number of ether oxygens (including phenoxy) is 1. The van der Waals surface area contributed by atoms with Crippen LogP contribution >= 0.6 is 11.6 Å². The summed E-state index contributed by atoms with van der Waals surface area (Å²) >= 11 is 5.88. The highest BCUT2D eigenvalue weighted by Gasteiger charge is 2.11. The van der Waals surface area contributed by atoms with Gasteiger partial charge in [-0.1, -0.05) is 37.9 Å². The topological polar surface area (TPSA) is 47.3 Å². The van der Waals surface area contributed by atoms with E-state index in [1.807, 2.05) is 18.2 Å². The number of benzene rings is 1. The Hall–Kier alpha value is -0.770. The molecule has 0 amide bonds. The second-order valence-corrected chi connectivity index (χ2v) is 4.82. The zero-order chi connectivity index (χ0) is 12.7. The van der Waals surface area contributed by atoms with Gasteiger partial charge in [-0.3, -0.25) is 11.3 Å². The van der Waals surface area contributed by atoms with Gasteiger partial charge in [0.2, 0.25) is 0 Å². The second kappa shape index (κ2) is 7.54. The fourth-order valence-corrected chi connectivity index (χ4v) is 1.77. The Morgan fingerprint density at radius 1 is 1.47 bits per heavy atom. The molecule has 3 nitrogen and oxygen atoms in total.